The molecular weight excluding hydrogens is 1210 g/mol. The highest BCUT2D eigenvalue weighted by atomic mass is 32.1. The van der Waals surface area contributed by atoms with Crippen LogP contribution in [-0.4, -0.2) is 0 Å². The summed E-state index contributed by atoms with van der Waals surface area (Å²) < 4.78 is 2.62. The summed E-state index contributed by atoms with van der Waals surface area (Å²) in [5.41, 5.74) is 25.7. The molecule has 18 aromatic carbocycles. The fourth-order valence-corrected chi connectivity index (χ4v) is 19.7. The molecule has 0 aliphatic heterocycles. The van der Waals surface area contributed by atoms with Crippen molar-refractivity contribution in [3.8, 4) is 89.0 Å². The zero-order chi connectivity index (χ0) is 65.6. The minimum atomic E-state index is -0.144. The normalized spacial score (nSPS) is 13.6. The zero-order valence-corrected chi connectivity index (χ0v) is 56.2. The van der Waals surface area contributed by atoms with Crippen LogP contribution in [0.5, 0.6) is 0 Å². The minimum Gasteiger partial charge on any atom is -0.135 e. The average molecular weight is 1270 g/mol. The van der Waals surface area contributed by atoms with Crippen LogP contribution in [0.4, 0.5) is 0 Å². The van der Waals surface area contributed by atoms with E-state index in [1.807, 2.05) is 11.3 Å². The van der Waals surface area contributed by atoms with E-state index in [4.69, 9.17) is 0 Å². The molecule has 0 saturated carbocycles. The van der Waals surface area contributed by atoms with E-state index in [2.05, 4.69) is 343 Å². The standard InChI is InChI=1S/C98H64S/c1-97(2)92-74-23-7-5-17-57(74)39-46-82(92)83-48-43-69-52-64(41-45-76(69)94(83)97)59-19-13-21-65(50-59)77-30-15-31-85-91-72(29-16-32-89(91)99-96(77)85)68-42-44-73-67(54-68)37-38-71-55-86(78-25-9-11-27-80(78)90(71)73)70-36-35-62-49-61(33-34-63(62)53-70)60-20-14-22-66(51-60)87-56-88-84-47-40-58-18-6-8-24-75(58)93(84)98(3,4)95(88)81-28-12-10-26-79(81)87/h5-56H,1-4H3. The summed E-state index contributed by atoms with van der Waals surface area (Å²) in [7, 11) is 0. The topological polar surface area (TPSA) is 0 Å². The molecule has 99 heavy (non-hydrogen) atoms. The van der Waals surface area contributed by atoms with E-state index in [9.17, 15) is 0 Å². The van der Waals surface area contributed by atoms with E-state index in [1.54, 1.807) is 0 Å². The molecule has 1 heterocycles. The van der Waals surface area contributed by atoms with Gasteiger partial charge in [0, 0.05) is 31.0 Å². The second-order valence-corrected chi connectivity index (χ2v) is 30.0. The van der Waals surface area contributed by atoms with Gasteiger partial charge < -0.3 is 0 Å². The summed E-state index contributed by atoms with van der Waals surface area (Å²) in [5.74, 6) is 0. The lowest BCUT2D eigenvalue weighted by molar-refractivity contribution is 0.672. The van der Waals surface area contributed by atoms with Crippen molar-refractivity contribution in [2.75, 3.05) is 0 Å². The van der Waals surface area contributed by atoms with Crippen LogP contribution in [0.3, 0.4) is 0 Å². The van der Waals surface area contributed by atoms with E-state index >= 15 is 0 Å². The first-order chi connectivity index (χ1) is 48.6. The highest BCUT2D eigenvalue weighted by Gasteiger charge is 2.40. The molecule has 0 nitrogen and oxygen atoms in total. The molecule has 0 fully saturated rings. The number of thiophene rings is 1. The molecule has 0 radical (unpaired) electrons. The van der Waals surface area contributed by atoms with Crippen LogP contribution in [0.2, 0.25) is 0 Å². The fourth-order valence-electron chi connectivity index (χ4n) is 18.5. The van der Waals surface area contributed by atoms with Crippen molar-refractivity contribution in [1.29, 1.82) is 0 Å². The van der Waals surface area contributed by atoms with Crippen LogP contribution in [0.1, 0.15) is 49.9 Å². The third kappa shape index (κ3) is 8.26. The Kier molecular flexibility index (Phi) is 11.9. The zero-order valence-electron chi connectivity index (χ0n) is 55.4. The van der Waals surface area contributed by atoms with Crippen LogP contribution in [0, 0.1) is 0 Å². The van der Waals surface area contributed by atoms with Crippen molar-refractivity contribution in [3.63, 3.8) is 0 Å². The molecule has 0 unspecified atom stereocenters. The molecule has 462 valence electrons. The molecule has 2 aliphatic carbocycles. The molecule has 0 spiro atoms. The summed E-state index contributed by atoms with van der Waals surface area (Å²) in [6.07, 6.45) is 0. The minimum absolute atomic E-state index is 0.127. The van der Waals surface area contributed by atoms with Gasteiger partial charge in [-0.1, -0.05) is 289 Å². The molecular formula is C98H64S. The summed E-state index contributed by atoms with van der Waals surface area (Å²) in [6.45, 7) is 9.66. The second-order valence-electron chi connectivity index (χ2n) is 29.0. The maximum atomic E-state index is 2.48. The quantitative estimate of drug-likeness (QED) is 0.146. The van der Waals surface area contributed by atoms with E-state index in [0.29, 0.717) is 0 Å². The molecule has 2 aliphatic rings. The van der Waals surface area contributed by atoms with Crippen LogP contribution in [0.15, 0.2) is 315 Å². The van der Waals surface area contributed by atoms with Crippen molar-refractivity contribution in [2.24, 2.45) is 0 Å². The monoisotopic (exact) mass is 1270 g/mol. The van der Waals surface area contributed by atoms with Crippen molar-refractivity contribution in [3.05, 3.63) is 338 Å². The predicted octanol–water partition coefficient (Wildman–Crippen LogP) is 27.9. The lowest BCUT2D eigenvalue weighted by Crippen LogP contribution is -2.16. The maximum absolute atomic E-state index is 2.48. The van der Waals surface area contributed by atoms with Gasteiger partial charge in [-0.05, 0) is 252 Å². The summed E-state index contributed by atoms with van der Waals surface area (Å²) in [5, 5.41) is 23.2. The molecule has 1 aromatic heterocycles. The largest absolute Gasteiger partial charge is 0.135 e. The number of hydrogen-bond donors (Lipinski definition) is 0. The number of benzene rings is 18. The number of hydrogen-bond acceptors (Lipinski definition) is 1. The van der Waals surface area contributed by atoms with Gasteiger partial charge in [-0.15, -0.1) is 11.3 Å². The molecule has 0 N–H and O–H groups in total. The Balaban J connectivity index is 0.594. The van der Waals surface area contributed by atoms with Gasteiger partial charge in [-0.3, -0.25) is 0 Å². The molecule has 0 atom stereocenters. The van der Waals surface area contributed by atoms with Gasteiger partial charge in [-0.2, -0.15) is 0 Å². The maximum Gasteiger partial charge on any atom is 0.0434 e. The third-order valence-corrected chi connectivity index (χ3v) is 24.0. The first kappa shape index (κ1) is 56.4. The van der Waals surface area contributed by atoms with Gasteiger partial charge in [0.15, 0.2) is 0 Å². The van der Waals surface area contributed by atoms with Crippen molar-refractivity contribution < 1.29 is 0 Å². The Morgan fingerprint density at radius 3 is 1.28 bits per heavy atom. The van der Waals surface area contributed by atoms with Crippen LogP contribution >= 0.6 is 11.3 Å². The predicted molar refractivity (Wildman–Crippen MR) is 427 cm³/mol. The Hall–Kier alpha value is -11.7. The van der Waals surface area contributed by atoms with Gasteiger partial charge in [0.1, 0.15) is 0 Å². The van der Waals surface area contributed by atoms with E-state index in [0.717, 1.165) is 0 Å². The number of rotatable bonds is 6. The van der Waals surface area contributed by atoms with Crippen molar-refractivity contribution in [2.45, 2.75) is 38.5 Å². The molecule has 0 saturated heterocycles. The fraction of sp³-hybridized carbons (Fsp3) is 0.0612. The van der Waals surface area contributed by atoms with Gasteiger partial charge in [0.2, 0.25) is 0 Å². The van der Waals surface area contributed by atoms with E-state index in [-0.39, 0.29) is 10.8 Å². The summed E-state index contributed by atoms with van der Waals surface area (Å²) in [4.78, 5) is 0. The van der Waals surface area contributed by atoms with Gasteiger partial charge in [-0.25, -0.2) is 0 Å². The first-order valence-corrected chi connectivity index (χ1v) is 35.7. The average Bonchev–Trinajstić information content (AvgIpc) is 1.57. The Morgan fingerprint density at radius 1 is 0.192 bits per heavy atom. The van der Waals surface area contributed by atoms with Crippen LogP contribution < -0.4 is 0 Å². The lowest BCUT2D eigenvalue weighted by Gasteiger charge is -2.25. The SMILES string of the molecule is CC1(C)c2c(ccc3ccccc23)-c2ccc3cc(-c4cccc(-c5cccc6c5sc5cccc(-c7ccc8c(ccc9cc(-c%10ccc%11cc(-c%12cccc(-c%13cc%14c(c%15ccccc%13%15)C(C)(C)c%13c-%14ccc%14ccccc%13%14)c%12)ccc%11c%10)c%10ccccc%10c98)c7)c56)c4)ccc3c21. The van der Waals surface area contributed by atoms with E-state index in [1.165, 1.54) is 218 Å². The lowest BCUT2D eigenvalue weighted by atomic mass is 9.78. The molecule has 19 aromatic rings. The van der Waals surface area contributed by atoms with Gasteiger partial charge >= 0.3 is 0 Å². The molecule has 21 rings (SSSR count). The summed E-state index contributed by atoms with van der Waals surface area (Å²) in [6, 6.07) is 120. The van der Waals surface area contributed by atoms with Crippen LogP contribution in [0.25, 0.3) is 195 Å². The molecule has 1 heteroatoms. The van der Waals surface area contributed by atoms with Gasteiger partial charge in [0.25, 0.3) is 0 Å². The van der Waals surface area contributed by atoms with Gasteiger partial charge in [0.05, 0.1) is 0 Å². The van der Waals surface area contributed by atoms with Crippen molar-refractivity contribution in [1.82, 2.24) is 0 Å². The van der Waals surface area contributed by atoms with E-state index < -0.39 is 0 Å². The second kappa shape index (κ2) is 20.9. The Morgan fingerprint density at radius 2 is 0.586 bits per heavy atom. The Bertz CT molecular complexity index is 6780. The number of fused-ring (bicyclic) bond motifs is 23. The molecule has 0 bridgehead atoms. The smallest absolute Gasteiger partial charge is 0.0434 e. The first-order valence-electron chi connectivity index (χ1n) is 34.8. The highest BCUT2D eigenvalue weighted by molar-refractivity contribution is 7.26. The van der Waals surface area contributed by atoms with Crippen molar-refractivity contribution >= 4 is 118 Å². The molecule has 0 amide bonds. The Labute approximate surface area is 579 Å². The van der Waals surface area contributed by atoms with Crippen LogP contribution in [-0.2, 0) is 10.8 Å². The third-order valence-electron chi connectivity index (χ3n) is 22.8. The summed E-state index contributed by atoms with van der Waals surface area (Å²) >= 11 is 1.91. The highest BCUT2D eigenvalue weighted by Crippen LogP contribution is 2.57.